The Labute approximate surface area is 120 Å². The van der Waals surface area contributed by atoms with Crippen LogP contribution >= 0.6 is 0 Å². The number of ether oxygens (including phenoxy) is 1. The summed E-state index contributed by atoms with van der Waals surface area (Å²) in [6.07, 6.45) is 2.29. The third-order valence-corrected chi connectivity index (χ3v) is 4.01. The van der Waals surface area contributed by atoms with E-state index in [1.165, 1.54) is 7.11 Å². The standard InChI is InChI=1S/C15H24N2O3/c1-5-6-11-9-17(10-12(11)16(2)3)15(18)13-7-8-14(19-4)20-13/h7-8,11-12H,5-6,9-10H2,1-4H3/t11-,12-/m1/s1. The zero-order valence-electron chi connectivity index (χ0n) is 12.8. The van der Waals surface area contributed by atoms with E-state index in [-0.39, 0.29) is 5.91 Å². The van der Waals surface area contributed by atoms with Crippen LogP contribution in [0.25, 0.3) is 0 Å². The fourth-order valence-corrected chi connectivity index (χ4v) is 2.96. The number of methoxy groups -OCH3 is 1. The van der Waals surface area contributed by atoms with Crippen molar-refractivity contribution < 1.29 is 13.9 Å². The van der Waals surface area contributed by atoms with Gasteiger partial charge in [-0.3, -0.25) is 4.79 Å². The van der Waals surface area contributed by atoms with Crippen molar-refractivity contribution in [1.29, 1.82) is 0 Å². The van der Waals surface area contributed by atoms with Crippen LogP contribution in [0.2, 0.25) is 0 Å². The number of likely N-dealkylation sites (tertiary alicyclic amines) is 1. The monoisotopic (exact) mass is 280 g/mol. The van der Waals surface area contributed by atoms with Crippen LogP contribution in [0.4, 0.5) is 0 Å². The van der Waals surface area contributed by atoms with Crippen LogP contribution < -0.4 is 4.74 Å². The number of amides is 1. The van der Waals surface area contributed by atoms with Crippen LogP contribution in [0.5, 0.6) is 5.95 Å². The molecule has 0 unspecified atom stereocenters. The molecule has 0 spiro atoms. The van der Waals surface area contributed by atoms with Gasteiger partial charge in [-0.05, 0) is 32.5 Å². The number of hydrogen-bond acceptors (Lipinski definition) is 4. The first kappa shape index (κ1) is 14.9. The molecule has 2 rings (SSSR count). The molecule has 0 aromatic carbocycles. The van der Waals surface area contributed by atoms with E-state index in [1.54, 1.807) is 12.1 Å². The Kier molecular flexibility index (Phi) is 4.70. The Morgan fingerprint density at radius 3 is 2.75 bits per heavy atom. The van der Waals surface area contributed by atoms with Gasteiger partial charge in [-0.25, -0.2) is 0 Å². The van der Waals surface area contributed by atoms with Crippen molar-refractivity contribution in [3.63, 3.8) is 0 Å². The first-order valence-electron chi connectivity index (χ1n) is 7.16. The van der Waals surface area contributed by atoms with Gasteiger partial charge in [-0.15, -0.1) is 0 Å². The molecule has 5 nitrogen and oxygen atoms in total. The van der Waals surface area contributed by atoms with Crippen molar-refractivity contribution in [1.82, 2.24) is 9.80 Å². The zero-order chi connectivity index (χ0) is 14.7. The van der Waals surface area contributed by atoms with Gasteiger partial charge in [0.2, 0.25) is 0 Å². The lowest BCUT2D eigenvalue weighted by Gasteiger charge is -2.24. The van der Waals surface area contributed by atoms with E-state index >= 15 is 0 Å². The Hall–Kier alpha value is -1.49. The Bertz CT molecular complexity index is 456. The average molecular weight is 280 g/mol. The zero-order valence-corrected chi connectivity index (χ0v) is 12.8. The number of carbonyl (C=O) groups is 1. The second-order valence-corrected chi connectivity index (χ2v) is 5.61. The lowest BCUT2D eigenvalue weighted by atomic mass is 9.98. The molecule has 1 fully saturated rings. The van der Waals surface area contributed by atoms with Crippen molar-refractivity contribution in [2.75, 3.05) is 34.3 Å². The van der Waals surface area contributed by atoms with E-state index in [1.807, 2.05) is 4.90 Å². The predicted octanol–water partition coefficient (Wildman–Crippen LogP) is 2.09. The third kappa shape index (κ3) is 2.98. The van der Waals surface area contributed by atoms with Crippen LogP contribution in [0, 0.1) is 5.92 Å². The topological polar surface area (TPSA) is 45.9 Å². The van der Waals surface area contributed by atoms with E-state index in [4.69, 9.17) is 9.15 Å². The maximum Gasteiger partial charge on any atom is 0.289 e. The molecular weight excluding hydrogens is 256 g/mol. The van der Waals surface area contributed by atoms with E-state index < -0.39 is 0 Å². The lowest BCUT2D eigenvalue weighted by Crippen LogP contribution is -2.36. The van der Waals surface area contributed by atoms with Gasteiger partial charge in [0, 0.05) is 25.2 Å². The second-order valence-electron chi connectivity index (χ2n) is 5.61. The minimum atomic E-state index is -0.0428. The molecule has 0 bridgehead atoms. The fraction of sp³-hybridized carbons (Fsp3) is 0.667. The molecule has 1 aromatic rings. The van der Waals surface area contributed by atoms with Gasteiger partial charge >= 0.3 is 0 Å². The summed E-state index contributed by atoms with van der Waals surface area (Å²) in [5.41, 5.74) is 0. The minimum Gasteiger partial charge on any atom is -0.468 e. The average Bonchev–Trinajstić information content (AvgIpc) is 3.04. The van der Waals surface area contributed by atoms with Gasteiger partial charge in [0.05, 0.1) is 7.11 Å². The molecule has 1 amide bonds. The summed E-state index contributed by atoms with van der Waals surface area (Å²) in [5.74, 6) is 1.23. The van der Waals surface area contributed by atoms with Crippen LogP contribution in [0.1, 0.15) is 30.3 Å². The largest absolute Gasteiger partial charge is 0.468 e. The predicted molar refractivity (Wildman–Crippen MR) is 77.0 cm³/mol. The molecule has 1 aromatic heterocycles. The van der Waals surface area contributed by atoms with Crippen LogP contribution in [0.3, 0.4) is 0 Å². The molecule has 20 heavy (non-hydrogen) atoms. The maximum atomic E-state index is 12.5. The van der Waals surface area contributed by atoms with Crippen molar-refractivity contribution in [3.8, 4) is 5.95 Å². The first-order chi connectivity index (χ1) is 9.56. The van der Waals surface area contributed by atoms with Gasteiger partial charge < -0.3 is 19.0 Å². The van der Waals surface area contributed by atoms with Gasteiger partial charge in [0.25, 0.3) is 11.9 Å². The van der Waals surface area contributed by atoms with Gasteiger partial charge in [-0.2, -0.15) is 0 Å². The molecule has 1 aliphatic heterocycles. The second kappa shape index (κ2) is 6.31. The summed E-state index contributed by atoms with van der Waals surface area (Å²) < 4.78 is 10.4. The van der Waals surface area contributed by atoms with E-state index in [2.05, 4.69) is 25.9 Å². The van der Waals surface area contributed by atoms with Crippen LogP contribution in [-0.2, 0) is 0 Å². The number of furan rings is 1. The number of rotatable bonds is 5. The smallest absolute Gasteiger partial charge is 0.289 e. The lowest BCUT2D eigenvalue weighted by molar-refractivity contribution is 0.0743. The van der Waals surface area contributed by atoms with Crippen LogP contribution in [-0.4, -0.2) is 56.0 Å². The quantitative estimate of drug-likeness (QED) is 0.828. The number of likely N-dealkylation sites (N-methyl/N-ethyl adjacent to an activating group) is 1. The fourth-order valence-electron chi connectivity index (χ4n) is 2.96. The SMILES string of the molecule is CCC[C@@H]1CN(C(=O)c2ccc(OC)o2)C[C@H]1N(C)C. The maximum absolute atomic E-state index is 12.5. The highest BCUT2D eigenvalue weighted by Gasteiger charge is 2.36. The number of carbonyl (C=O) groups excluding carboxylic acids is 1. The summed E-state index contributed by atoms with van der Waals surface area (Å²) in [6, 6.07) is 3.78. The summed E-state index contributed by atoms with van der Waals surface area (Å²) in [6.45, 7) is 3.76. The number of hydrogen-bond donors (Lipinski definition) is 0. The van der Waals surface area contributed by atoms with E-state index in [0.717, 1.165) is 25.9 Å². The molecule has 0 radical (unpaired) electrons. The molecule has 1 aliphatic rings. The summed E-state index contributed by atoms with van der Waals surface area (Å²) >= 11 is 0. The molecule has 0 saturated carbocycles. The van der Waals surface area contributed by atoms with Crippen molar-refractivity contribution in [2.45, 2.75) is 25.8 Å². The van der Waals surface area contributed by atoms with Crippen LogP contribution in [0.15, 0.2) is 16.5 Å². The molecule has 0 aliphatic carbocycles. The molecule has 112 valence electrons. The molecule has 0 N–H and O–H groups in total. The van der Waals surface area contributed by atoms with Crippen molar-refractivity contribution in [2.24, 2.45) is 5.92 Å². The molecule has 5 heteroatoms. The highest BCUT2D eigenvalue weighted by atomic mass is 16.6. The van der Waals surface area contributed by atoms with Crippen molar-refractivity contribution in [3.05, 3.63) is 17.9 Å². The highest BCUT2D eigenvalue weighted by molar-refractivity contribution is 5.91. The molecule has 1 saturated heterocycles. The molecule has 2 atom stereocenters. The normalized spacial score (nSPS) is 22.6. The highest BCUT2D eigenvalue weighted by Crippen LogP contribution is 2.27. The van der Waals surface area contributed by atoms with E-state index in [9.17, 15) is 4.79 Å². The summed E-state index contributed by atoms with van der Waals surface area (Å²) in [4.78, 5) is 16.6. The first-order valence-corrected chi connectivity index (χ1v) is 7.16. The third-order valence-electron chi connectivity index (χ3n) is 4.01. The molecule has 2 heterocycles. The number of nitrogens with zero attached hydrogens (tertiary/aromatic N) is 2. The Balaban J connectivity index is 2.07. The molecular formula is C15H24N2O3. The van der Waals surface area contributed by atoms with Gasteiger partial charge in [-0.1, -0.05) is 13.3 Å². The van der Waals surface area contributed by atoms with Gasteiger partial charge in [0.15, 0.2) is 5.76 Å². The Morgan fingerprint density at radius 2 is 2.20 bits per heavy atom. The van der Waals surface area contributed by atoms with Crippen molar-refractivity contribution >= 4 is 5.91 Å². The van der Waals surface area contributed by atoms with Gasteiger partial charge in [0.1, 0.15) is 0 Å². The summed E-state index contributed by atoms with van der Waals surface area (Å²) in [7, 11) is 5.69. The van der Waals surface area contributed by atoms with E-state index in [0.29, 0.717) is 23.7 Å². The minimum absolute atomic E-state index is 0.0428. The summed E-state index contributed by atoms with van der Waals surface area (Å²) in [5, 5.41) is 0. The Morgan fingerprint density at radius 1 is 1.45 bits per heavy atom.